The minimum absolute atomic E-state index is 0.0123. The number of hydrogen-bond acceptors (Lipinski definition) is 4. The number of furan rings is 1. The summed E-state index contributed by atoms with van der Waals surface area (Å²) in [6.07, 6.45) is 2.86. The quantitative estimate of drug-likeness (QED) is 0.392. The van der Waals surface area contributed by atoms with E-state index in [9.17, 15) is 9.90 Å². The van der Waals surface area contributed by atoms with Crippen LogP contribution < -0.4 is 16.0 Å². The van der Waals surface area contributed by atoms with Crippen LogP contribution in [-0.2, 0) is 16.9 Å². The van der Waals surface area contributed by atoms with Gasteiger partial charge in [0.15, 0.2) is 5.96 Å². The molecule has 0 fully saturated rings. The molecule has 1 atom stereocenters. The van der Waals surface area contributed by atoms with Crippen molar-refractivity contribution < 1.29 is 14.3 Å². The highest BCUT2D eigenvalue weighted by atomic mass is 16.4. The first-order chi connectivity index (χ1) is 13.4. The van der Waals surface area contributed by atoms with Gasteiger partial charge < -0.3 is 25.5 Å². The average Bonchev–Trinajstić information content (AvgIpc) is 3.20. The molecule has 1 aromatic carbocycles. The minimum atomic E-state index is -1.15. The molecule has 0 spiro atoms. The van der Waals surface area contributed by atoms with Crippen molar-refractivity contribution in [1.29, 1.82) is 0 Å². The lowest BCUT2D eigenvalue weighted by atomic mass is 10.0. The number of hydrogen-bond donors (Lipinski definition) is 4. The number of rotatable bonds is 9. The Kier molecular flexibility index (Phi) is 8.07. The van der Waals surface area contributed by atoms with Gasteiger partial charge in [0.2, 0.25) is 5.91 Å². The van der Waals surface area contributed by atoms with Crippen molar-refractivity contribution in [2.24, 2.45) is 4.99 Å². The van der Waals surface area contributed by atoms with E-state index in [-0.39, 0.29) is 12.5 Å². The highest BCUT2D eigenvalue weighted by Crippen LogP contribution is 2.19. The predicted octanol–water partition coefficient (Wildman–Crippen LogP) is 2.98. The van der Waals surface area contributed by atoms with Gasteiger partial charge in [-0.3, -0.25) is 4.79 Å². The molecule has 0 radical (unpaired) electrons. The molecule has 0 saturated carbocycles. The van der Waals surface area contributed by atoms with Crippen molar-refractivity contribution in [3.05, 3.63) is 54.0 Å². The molecule has 0 aliphatic rings. The second-order valence-electron chi connectivity index (χ2n) is 6.80. The van der Waals surface area contributed by atoms with Crippen LogP contribution in [0.3, 0.4) is 0 Å². The van der Waals surface area contributed by atoms with Crippen LogP contribution in [0, 0.1) is 0 Å². The third kappa shape index (κ3) is 6.74. The van der Waals surface area contributed by atoms with Gasteiger partial charge >= 0.3 is 0 Å². The van der Waals surface area contributed by atoms with Crippen molar-refractivity contribution >= 4 is 17.6 Å². The van der Waals surface area contributed by atoms with E-state index in [2.05, 4.69) is 20.9 Å². The summed E-state index contributed by atoms with van der Waals surface area (Å²) in [4.78, 5) is 16.3. The summed E-state index contributed by atoms with van der Waals surface area (Å²) in [5, 5.41) is 19.8. The molecular weight excluding hydrogens is 356 g/mol. The Hall–Kier alpha value is -2.80. The van der Waals surface area contributed by atoms with Crippen molar-refractivity contribution in [1.82, 2.24) is 10.6 Å². The summed E-state index contributed by atoms with van der Waals surface area (Å²) in [6.45, 7) is 7.02. The van der Waals surface area contributed by atoms with Crippen LogP contribution >= 0.6 is 0 Å². The number of amides is 1. The second kappa shape index (κ2) is 10.5. The van der Waals surface area contributed by atoms with Crippen LogP contribution in [0.5, 0.6) is 0 Å². The number of guanidine groups is 1. The smallest absolute Gasteiger partial charge is 0.224 e. The topological polar surface area (TPSA) is 98.9 Å². The maximum atomic E-state index is 11.8. The van der Waals surface area contributed by atoms with E-state index in [0.29, 0.717) is 31.2 Å². The molecule has 152 valence electrons. The van der Waals surface area contributed by atoms with E-state index in [1.165, 1.54) is 6.26 Å². The van der Waals surface area contributed by atoms with E-state index < -0.39 is 5.60 Å². The second-order valence-corrected chi connectivity index (χ2v) is 6.80. The van der Waals surface area contributed by atoms with Crippen LogP contribution in [-0.4, -0.2) is 30.1 Å². The zero-order valence-corrected chi connectivity index (χ0v) is 16.8. The Morgan fingerprint density at radius 3 is 2.71 bits per heavy atom. The van der Waals surface area contributed by atoms with Crippen molar-refractivity contribution in [3.63, 3.8) is 0 Å². The summed E-state index contributed by atoms with van der Waals surface area (Å²) < 4.78 is 5.30. The molecular formula is C21H30N4O3. The molecule has 2 aromatic rings. The molecule has 4 N–H and O–H groups in total. The van der Waals surface area contributed by atoms with Gasteiger partial charge in [-0.05, 0) is 50.1 Å². The minimum Gasteiger partial charge on any atom is -0.466 e. The molecule has 1 heterocycles. The van der Waals surface area contributed by atoms with Gasteiger partial charge in [0, 0.05) is 18.7 Å². The standard InChI is InChI=1S/C21H30N4O3/c1-4-8-19(26)25-17-10-6-9-16(13-17)14-23-20(22-5-2)24-15-21(3,27)18-11-7-12-28-18/h6-7,9-13,27H,4-5,8,14-15H2,1-3H3,(H,25,26)(H2,22,23,24). The van der Waals surface area contributed by atoms with Crippen molar-refractivity contribution in [3.8, 4) is 0 Å². The van der Waals surface area contributed by atoms with Gasteiger partial charge in [-0.25, -0.2) is 4.99 Å². The Labute approximate surface area is 166 Å². The molecule has 2 rings (SSSR count). The van der Waals surface area contributed by atoms with E-state index in [0.717, 1.165) is 17.7 Å². The fraction of sp³-hybridized carbons (Fsp3) is 0.429. The highest BCUT2D eigenvalue weighted by Gasteiger charge is 2.26. The Morgan fingerprint density at radius 2 is 2.04 bits per heavy atom. The molecule has 0 aliphatic carbocycles. The maximum absolute atomic E-state index is 11.8. The molecule has 1 unspecified atom stereocenters. The van der Waals surface area contributed by atoms with Crippen LogP contribution in [0.4, 0.5) is 5.69 Å². The number of carbonyl (C=O) groups excluding carboxylic acids is 1. The van der Waals surface area contributed by atoms with Gasteiger partial charge in [0.25, 0.3) is 0 Å². The summed E-state index contributed by atoms with van der Waals surface area (Å²) in [7, 11) is 0. The summed E-state index contributed by atoms with van der Waals surface area (Å²) in [6, 6.07) is 11.1. The monoisotopic (exact) mass is 386 g/mol. The van der Waals surface area contributed by atoms with E-state index in [1.807, 2.05) is 38.1 Å². The Morgan fingerprint density at radius 1 is 1.21 bits per heavy atom. The number of carbonyl (C=O) groups is 1. The third-order valence-corrected chi connectivity index (χ3v) is 4.10. The Balaban J connectivity index is 1.99. The van der Waals surface area contributed by atoms with Crippen molar-refractivity contribution in [2.45, 2.75) is 45.8 Å². The van der Waals surface area contributed by atoms with Gasteiger partial charge in [-0.2, -0.15) is 0 Å². The first kappa shape index (κ1) is 21.5. The number of nitrogens with one attached hydrogen (secondary N) is 3. The highest BCUT2D eigenvalue weighted by molar-refractivity contribution is 5.90. The predicted molar refractivity (Wildman–Crippen MR) is 111 cm³/mol. The first-order valence-electron chi connectivity index (χ1n) is 9.62. The van der Waals surface area contributed by atoms with E-state index >= 15 is 0 Å². The van der Waals surface area contributed by atoms with E-state index in [4.69, 9.17) is 4.42 Å². The number of benzene rings is 1. The number of aliphatic imine (C=N–C) groups is 1. The number of nitrogens with zero attached hydrogens (tertiary/aromatic N) is 1. The normalized spacial score (nSPS) is 13.6. The molecule has 1 aromatic heterocycles. The number of aliphatic hydroxyl groups is 1. The van der Waals surface area contributed by atoms with Gasteiger partial charge in [0.1, 0.15) is 11.4 Å². The van der Waals surface area contributed by atoms with Crippen LogP contribution in [0.1, 0.15) is 44.9 Å². The molecule has 0 bridgehead atoms. The van der Waals surface area contributed by atoms with Crippen LogP contribution in [0.2, 0.25) is 0 Å². The largest absolute Gasteiger partial charge is 0.466 e. The molecule has 0 saturated heterocycles. The lowest BCUT2D eigenvalue weighted by molar-refractivity contribution is -0.116. The van der Waals surface area contributed by atoms with Crippen molar-refractivity contribution in [2.75, 3.05) is 18.4 Å². The fourth-order valence-electron chi connectivity index (χ4n) is 2.64. The molecule has 7 heteroatoms. The summed E-state index contributed by atoms with van der Waals surface area (Å²) in [5.41, 5.74) is 0.595. The average molecular weight is 386 g/mol. The Bertz CT molecular complexity index is 770. The molecule has 1 amide bonds. The number of anilines is 1. The fourth-order valence-corrected chi connectivity index (χ4v) is 2.64. The lowest BCUT2D eigenvalue weighted by Gasteiger charge is -2.22. The van der Waals surface area contributed by atoms with Gasteiger partial charge in [-0.1, -0.05) is 19.1 Å². The molecule has 7 nitrogen and oxygen atoms in total. The van der Waals surface area contributed by atoms with Gasteiger partial charge in [0.05, 0.1) is 19.4 Å². The van der Waals surface area contributed by atoms with Crippen LogP contribution in [0.25, 0.3) is 0 Å². The first-order valence-corrected chi connectivity index (χ1v) is 9.62. The molecule has 28 heavy (non-hydrogen) atoms. The third-order valence-electron chi connectivity index (χ3n) is 4.10. The summed E-state index contributed by atoms with van der Waals surface area (Å²) >= 11 is 0. The lowest BCUT2D eigenvalue weighted by Crippen LogP contribution is -2.44. The molecule has 0 aliphatic heterocycles. The zero-order valence-electron chi connectivity index (χ0n) is 16.8. The summed E-state index contributed by atoms with van der Waals surface area (Å²) in [5.74, 6) is 1.10. The van der Waals surface area contributed by atoms with Crippen LogP contribution in [0.15, 0.2) is 52.1 Å². The van der Waals surface area contributed by atoms with Gasteiger partial charge in [-0.15, -0.1) is 0 Å². The SMILES string of the molecule is CCCC(=O)Nc1cccc(CN=C(NCC)NCC(C)(O)c2ccco2)c1. The van der Waals surface area contributed by atoms with E-state index in [1.54, 1.807) is 19.1 Å². The zero-order chi connectivity index (χ0) is 20.4. The maximum Gasteiger partial charge on any atom is 0.224 e.